The summed E-state index contributed by atoms with van der Waals surface area (Å²) in [6.45, 7) is 3.00. The van der Waals surface area contributed by atoms with E-state index in [9.17, 15) is 0 Å². The number of aromatic nitrogens is 4. The lowest BCUT2D eigenvalue weighted by Crippen LogP contribution is -2.23. The lowest BCUT2D eigenvalue weighted by atomic mass is 10.0. The summed E-state index contributed by atoms with van der Waals surface area (Å²) in [5.74, 6) is 0.756. The van der Waals surface area contributed by atoms with Gasteiger partial charge in [-0.15, -0.1) is 10.2 Å². The number of aryl methyl sites for hydroxylation is 1. The van der Waals surface area contributed by atoms with Crippen molar-refractivity contribution >= 4 is 15.9 Å². The number of rotatable bonds is 5. The van der Waals surface area contributed by atoms with E-state index in [0.29, 0.717) is 0 Å². The zero-order chi connectivity index (χ0) is 13.0. The van der Waals surface area contributed by atoms with Gasteiger partial charge < -0.3 is 5.32 Å². The molecule has 5 nitrogen and oxygen atoms in total. The first kappa shape index (κ1) is 13.2. The molecule has 0 spiro atoms. The van der Waals surface area contributed by atoms with Gasteiger partial charge in [-0.1, -0.05) is 35.0 Å². The topological polar surface area (TPSA) is 55.6 Å². The number of nitrogens with one attached hydrogen (secondary N) is 1. The van der Waals surface area contributed by atoms with Crippen LogP contribution in [0.2, 0.25) is 0 Å². The summed E-state index contributed by atoms with van der Waals surface area (Å²) in [6, 6.07) is 8.52. The number of benzene rings is 1. The van der Waals surface area contributed by atoms with Crippen molar-refractivity contribution in [3.8, 4) is 0 Å². The molecule has 18 heavy (non-hydrogen) atoms. The van der Waals surface area contributed by atoms with Crippen molar-refractivity contribution in [3.05, 3.63) is 40.1 Å². The zero-order valence-corrected chi connectivity index (χ0v) is 12.1. The molecule has 0 aliphatic heterocycles. The molecule has 2 rings (SSSR count). The Bertz CT molecular complexity index is 493. The van der Waals surface area contributed by atoms with E-state index in [4.69, 9.17) is 0 Å². The minimum atomic E-state index is 0.215. The maximum atomic E-state index is 4.22. The Labute approximate surface area is 115 Å². The first-order chi connectivity index (χ1) is 8.69. The van der Waals surface area contributed by atoms with E-state index in [1.54, 1.807) is 7.05 Å². The highest BCUT2D eigenvalue weighted by atomic mass is 79.9. The van der Waals surface area contributed by atoms with Gasteiger partial charge in [-0.05, 0) is 29.5 Å². The second-order valence-corrected chi connectivity index (χ2v) is 4.98. The fraction of sp³-hybridized carbons (Fsp3) is 0.417. The summed E-state index contributed by atoms with van der Waals surface area (Å²) in [6.07, 6.45) is 0.739. The molecule has 1 aromatic carbocycles. The van der Waals surface area contributed by atoms with Gasteiger partial charge in [-0.25, -0.2) is 0 Å². The quantitative estimate of drug-likeness (QED) is 0.916. The van der Waals surface area contributed by atoms with E-state index in [1.807, 2.05) is 12.1 Å². The lowest BCUT2D eigenvalue weighted by Gasteiger charge is -2.16. The fourth-order valence-electron chi connectivity index (χ4n) is 1.84. The Morgan fingerprint density at radius 3 is 2.61 bits per heavy atom. The Hall–Kier alpha value is -1.27. The highest BCUT2D eigenvalue weighted by Gasteiger charge is 2.14. The molecule has 0 aliphatic rings. The van der Waals surface area contributed by atoms with Crippen LogP contribution in [0.5, 0.6) is 0 Å². The molecule has 0 amide bonds. The second kappa shape index (κ2) is 6.06. The first-order valence-corrected chi connectivity index (χ1v) is 6.70. The van der Waals surface area contributed by atoms with Crippen LogP contribution >= 0.6 is 15.9 Å². The van der Waals surface area contributed by atoms with Crippen LogP contribution in [0.25, 0.3) is 0 Å². The third-order valence-corrected chi connectivity index (χ3v) is 3.19. The molecule has 2 aromatic rings. The van der Waals surface area contributed by atoms with Crippen LogP contribution in [0.3, 0.4) is 0 Å². The molecular formula is C12H16BrN5. The molecular weight excluding hydrogens is 294 g/mol. The van der Waals surface area contributed by atoms with Crippen molar-refractivity contribution in [2.24, 2.45) is 7.05 Å². The van der Waals surface area contributed by atoms with Crippen molar-refractivity contribution in [2.75, 3.05) is 6.54 Å². The fourth-order valence-corrected chi connectivity index (χ4v) is 2.10. The average Bonchev–Trinajstić information content (AvgIpc) is 2.75. The van der Waals surface area contributed by atoms with Crippen LogP contribution in [0.15, 0.2) is 28.7 Å². The molecule has 6 heteroatoms. The van der Waals surface area contributed by atoms with E-state index in [-0.39, 0.29) is 6.04 Å². The number of nitrogens with zero attached hydrogens (tertiary/aromatic N) is 4. The van der Waals surface area contributed by atoms with Crippen LogP contribution in [0.4, 0.5) is 0 Å². The van der Waals surface area contributed by atoms with Crippen molar-refractivity contribution in [2.45, 2.75) is 19.4 Å². The molecule has 1 atom stereocenters. The predicted molar refractivity (Wildman–Crippen MR) is 73.1 cm³/mol. The molecule has 0 saturated carbocycles. The third kappa shape index (κ3) is 3.36. The summed E-state index contributed by atoms with van der Waals surface area (Å²) in [4.78, 5) is 1.49. The average molecular weight is 310 g/mol. The van der Waals surface area contributed by atoms with Gasteiger partial charge in [0.25, 0.3) is 0 Å². The van der Waals surface area contributed by atoms with Gasteiger partial charge in [0.15, 0.2) is 5.82 Å². The van der Waals surface area contributed by atoms with Gasteiger partial charge in [0.05, 0.1) is 7.05 Å². The van der Waals surface area contributed by atoms with E-state index in [2.05, 4.69) is 55.7 Å². The molecule has 0 radical (unpaired) electrons. The standard InChI is InChI=1S/C12H16BrN5/c1-3-14-11(8-12-15-17-18(2)16-12)9-4-6-10(13)7-5-9/h4-7,11,14H,3,8H2,1-2H3. The Morgan fingerprint density at radius 2 is 2.06 bits per heavy atom. The monoisotopic (exact) mass is 309 g/mol. The lowest BCUT2D eigenvalue weighted by molar-refractivity contribution is 0.534. The molecule has 1 aromatic heterocycles. The molecule has 96 valence electrons. The Balaban J connectivity index is 2.14. The van der Waals surface area contributed by atoms with E-state index < -0.39 is 0 Å². The summed E-state index contributed by atoms with van der Waals surface area (Å²) >= 11 is 3.45. The van der Waals surface area contributed by atoms with E-state index in [1.165, 1.54) is 10.4 Å². The molecule has 0 saturated heterocycles. The van der Waals surface area contributed by atoms with Crippen molar-refractivity contribution < 1.29 is 0 Å². The first-order valence-electron chi connectivity index (χ1n) is 5.90. The van der Waals surface area contributed by atoms with Crippen LogP contribution < -0.4 is 5.32 Å². The van der Waals surface area contributed by atoms with Gasteiger partial charge in [0, 0.05) is 16.9 Å². The van der Waals surface area contributed by atoms with Crippen molar-refractivity contribution in [3.63, 3.8) is 0 Å². The summed E-state index contributed by atoms with van der Waals surface area (Å²) in [5.41, 5.74) is 1.23. The summed E-state index contributed by atoms with van der Waals surface area (Å²) in [5, 5.41) is 15.6. The molecule has 1 unspecified atom stereocenters. The highest BCUT2D eigenvalue weighted by Crippen LogP contribution is 2.19. The number of hydrogen-bond acceptors (Lipinski definition) is 4. The molecule has 0 aliphatic carbocycles. The third-order valence-electron chi connectivity index (χ3n) is 2.66. The van der Waals surface area contributed by atoms with Crippen LogP contribution in [0, 0.1) is 0 Å². The van der Waals surface area contributed by atoms with Crippen molar-refractivity contribution in [1.82, 2.24) is 25.5 Å². The van der Waals surface area contributed by atoms with Gasteiger partial charge >= 0.3 is 0 Å². The normalized spacial score (nSPS) is 12.6. The summed E-state index contributed by atoms with van der Waals surface area (Å²) < 4.78 is 1.08. The molecule has 1 heterocycles. The van der Waals surface area contributed by atoms with Gasteiger partial charge in [-0.2, -0.15) is 4.80 Å². The number of likely N-dealkylation sites (N-methyl/N-ethyl adjacent to an activating group) is 1. The van der Waals surface area contributed by atoms with Gasteiger partial charge in [0.1, 0.15) is 0 Å². The minimum absolute atomic E-state index is 0.215. The van der Waals surface area contributed by atoms with Crippen LogP contribution in [-0.2, 0) is 13.5 Å². The molecule has 0 fully saturated rings. The van der Waals surface area contributed by atoms with Crippen molar-refractivity contribution in [1.29, 1.82) is 0 Å². The number of halogens is 1. The maximum Gasteiger partial charge on any atom is 0.176 e. The van der Waals surface area contributed by atoms with Crippen LogP contribution in [0.1, 0.15) is 24.4 Å². The van der Waals surface area contributed by atoms with Crippen LogP contribution in [-0.4, -0.2) is 26.8 Å². The largest absolute Gasteiger partial charge is 0.310 e. The SMILES string of the molecule is CCNC(Cc1nnn(C)n1)c1ccc(Br)cc1. The van der Waals surface area contributed by atoms with Gasteiger partial charge in [0.2, 0.25) is 0 Å². The molecule has 0 bridgehead atoms. The smallest absolute Gasteiger partial charge is 0.176 e. The highest BCUT2D eigenvalue weighted by molar-refractivity contribution is 9.10. The predicted octanol–water partition coefficient (Wildman–Crippen LogP) is 1.87. The zero-order valence-electron chi connectivity index (χ0n) is 10.5. The maximum absolute atomic E-state index is 4.22. The number of tetrazole rings is 1. The Kier molecular flexibility index (Phi) is 4.43. The minimum Gasteiger partial charge on any atom is -0.310 e. The number of hydrogen-bond donors (Lipinski definition) is 1. The van der Waals surface area contributed by atoms with Gasteiger partial charge in [-0.3, -0.25) is 0 Å². The summed E-state index contributed by atoms with van der Waals surface area (Å²) in [7, 11) is 1.78. The van der Waals surface area contributed by atoms with E-state index in [0.717, 1.165) is 23.3 Å². The Morgan fingerprint density at radius 1 is 1.33 bits per heavy atom. The molecule has 1 N–H and O–H groups in total. The van der Waals surface area contributed by atoms with E-state index >= 15 is 0 Å². The second-order valence-electron chi connectivity index (χ2n) is 4.06.